The van der Waals surface area contributed by atoms with Gasteiger partial charge in [0.25, 0.3) is 0 Å². The SMILES string of the molecule is COC(=O)[C@H](NC(=O)[C@@H](Cc1ccc(OCc2ccccc2)cc1)NC(=O)[C@@H](Cc1ccccc1)NC(=O)OC(C)(C)C)[C@H](C)O. The molecule has 0 fully saturated rings. The Morgan fingerprint density at radius 2 is 1.22 bits per heavy atom. The lowest BCUT2D eigenvalue weighted by Crippen LogP contribution is -2.58. The van der Waals surface area contributed by atoms with E-state index in [2.05, 4.69) is 16.0 Å². The second kappa shape index (κ2) is 17.0. The van der Waals surface area contributed by atoms with Gasteiger partial charge in [0.15, 0.2) is 6.04 Å². The van der Waals surface area contributed by atoms with Crippen molar-refractivity contribution in [2.75, 3.05) is 7.11 Å². The average Bonchev–Trinajstić information content (AvgIpc) is 3.02. The summed E-state index contributed by atoms with van der Waals surface area (Å²) < 4.78 is 16.0. The first-order valence-corrected chi connectivity index (χ1v) is 15.0. The Balaban J connectivity index is 1.83. The van der Waals surface area contributed by atoms with Crippen LogP contribution < -0.4 is 20.7 Å². The fourth-order valence-corrected chi connectivity index (χ4v) is 4.45. The number of hydrogen-bond acceptors (Lipinski definition) is 8. The molecule has 0 bridgehead atoms. The quantitative estimate of drug-likeness (QED) is 0.197. The molecule has 0 saturated carbocycles. The van der Waals surface area contributed by atoms with Crippen LogP contribution in [0.4, 0.5) is 4.79 Å². The van der Waals surface area contributed by atoms with E-state index >= 15 is 0 Å². The summed E-state index contributed by atoms with van der Waals surface area (Å²) in [6, 6.07) is 22.1. The van der Waals surface area contributed by atoms with Crippen LogP contribution in [0.3, 0.4) is 0 Å². The Kier molecular flexibility index (Phi) is 13.1. The van der Waals surface area contributed by atoms with E-state index in [1.165, 1.54) is 6.92 Å². The van der Waals surface area contributed by atoms with E-state index in [1.54, 1.807) is 45.0 Å². The monoisotopic (exact) mass is 633 g/mol. The van der Waals surface area contributed by atoms with E-state index < -0.39 is 53.7 Å². The van der Waals surface area contributed by atoms with Gasteiger partial charge in [0.05, 0.1) is 13.2 Å². The Hall–Kier alpha value is -4.90. The second-order valence-corrected chi connectivity index (χ2v) is 11.8. The number of rotatable bonds is 14. The fraction of sp³-hybridized carbons (Fsp3) is 0.371. The largest absolute Gasteiger partial charge is 0.489 e. The molecule has 4 atom stereocenters. The van der Waals surface area contributed by atoms with Crippen molar-refractivity contribution in [2.45, 2.75) is 77.0 Å². The van der Waals surface area contributed by atoms with Crippen molar-refractivity contribution >= 4 is 23.9 Å². The van der Waals surface area contributed by atoms with Gasteiger partial charge in [0, 0.05) is 12.8 Å². The average molecular weight is 634 g/mol. The lowest BCUT2D eigenvalue weighted by molar-refractivity contribution is -0.148. The van der Waals surface area contributed by atoms with Crippen molar-refractivity contribution in [3.05, 3.63) is 102 Å². The van der Waals surface area contributed by atoms with Gasteiger partial charge in [-0.1, -0.05) is 72.8 Å². The van der Waals surface area contributed by atoms with E-state index in [-0.39, 0.29) is 12.8 Å². The van der Waals surface area contributed by atoms with Gasteiger partial charge in [0.1, 0.15) is 30.0 Å². The molecule has 246 valence electrons. The summed E-state index contributed by atoms with van der Waals surface area (Å²) in [6.45, 7) is 6.83. The van der Waals surface area contributed by atoms with Crippen LogP contribution >= 0.6 is 0 Å². The van der Waals surface area contributed by atoms with Gasteiger partial charge in [-0.25, -0.2) is 9.59 Å². The predicted molar refractivity (Wildman–Crippen MR) is 172 cm³/mol. The van der Waals surface area contributed by atoms with Gasteiger partial charge >= 0.3 is 12.1 Å². The topological polar surface area (TPSA) is 152 Å². The third-order valence-corrected chi connectivity index (χ3v) is 6.77. The summed E-state index contributed by atoms with van der Waals surface area (Å²) >= 11 is 0. The molecular weight excluding hydrogens is 590 g/mol. The third kappa shape index (κ3) is 11.9. The van der Waals surface area contributed by atoms with Crippen LogP contribution in [0.2, 0.25) is 0 Å². The predicted octanol–water partition coefficient (Wildman–Crippen LogP) is 3.47. The number of nitrogens with one attached hydrogen (secondary N) is 3. The Labute approximate surface area is 269 Å². The van der Waals surface area contributed by atoms with Crippen molar-refractivity contribution in [2.24, 2.45) is 0 Å². The number of benzene rings is 3. The van der Waals surface area contributed by atoms with Crippen LogP contribution in [0.15, 0.2) is 84.9 Å². The van der Waals surface area contributed by atoms with E-state index in [4.69, 9.17) is 14.2 Å². The smallest absolute Gasteiger partial charge is 0.408 e. The van der Waals surface area contributed by atoms with Crippen LogP contribution in [0.1, 0.15) is 44.4 Å². The number of methoxy groups -OCH3 is 1. The van der Waals surface area contributed by atoms with Gasteiger partial charge in [-0.15, -0.1) is 0 Å². The number of ether oxygens (including phenoxy) is 3. The molecule has 3 amide bonds. The summed E-state index contributed by atoms with van der Waals surface area (Å²) in [6.07, 6.45) is -1.93. The highest BCUT2D eigenvalue weighted by atomic mass is 16.6. The van der Waals surface area contributed by atoms with Gasteiger partial charge in [-0.3, -0.25) is 9.59 Å². The minimum absolute atomic E-state index is 0.0226. The standard InChI is InChI=1S/C35H43N3O8/c1-23(39)30(33(42)44-5)38-32(41)28(21-25-16-18-27(19-17-25)45-22-26-14-10-7-11-15-26)36-31(40)29(20-24-12-8-6-9-13-24)37-34(43)46-35(2,3)4/h6-19,23,28-30,39H,20-22H2,1-5H3,(H,36,40)(H,37,43)(H,38,41)/t23-,28+,29+,30+/m0/s1. The Morgan fingerprint density at radius 3 is 1.74 bits per heavy atom. The summed E-state index contributed by atoms with van der Waals surface area (Å²) in [5, 5.41) is 18.0. The number of hydrogen-bond donors (Lipinski definition) is 4. The molecule has 46 heavy (non-hydrogen) atoms. The van der Waals surface area contributed by atoms with Crippen LogP contribution in [0, 0.1) is 0 Å². The summed E-state index contributed by atoms with van der Waals surface area (Å²) in [5.74, 6) is -1.61. The van der Waals surface area contributed by atoms with Crippen LogP contribution in [-0.2, 0) is 43.3 Å². The fourth-order valence-electron chi connectivity index (χ4n) is 4.45. The molecule has 0 unspecified atom stereocenters. The minimum Gasteiger partial charge on any atom is -0.489 e. The first kappa shape index (κ1) is 35.6. The molecule has 0 radical (unpaired) electrons. The van der Waals surface area contributed by atoms with Crippen molar-refractivity contribution in [1.29, 1.82) is 0 Å². The second-order valence-electron chi connectivity index (χ2n) is 11.8. The first-order valence-electron chi connectivity index (χ1n) is 15.0. The number of aliphatic hydroxyl groups excluding tert-OH is 1. The molecule has 11 nitrogen and oxygen atoms in total. The zero-order valence-electron chi connectivity index (χ0n) is 26.8. The Morgan fingerprint density at radius 1 is 0.717 bits per heavy atom. The molecule has 3 rings (SSSR count). The maximum Gasteiger partial charge on any atom is 0.408 e. The van der Waals surface area contributed by atoms with Crippen molar-refractivity contribution in [3.8, 4) is 5.75 Å². The molecule has 3 aromatic carbocycles. The molecule has 0 aromatic heterocycles. The van der Waals surface area contributed by atoms with Crippen molar-refractivity contribution in [1.82, 2.24) is 16.0 Å². The number of aliphatic hydroxyl groups is 1. The summed E-state index contributed by atoms with van der Waals surface area (Å²) in [4.78, 5) is 52.2. The van der Waals surface area contributed by atoms with Crippen LogP contribution in [-0.4, -0.2) is 65.9 Å². The highest BCUT2D eigenvalue weighted by Gasteiger charge is 2.33. The highest BCUT2D eigenvalue weighted by Crippen LogP contribution is 2.16. The molecule has 0 heterocycles. The van der Waals surface area contributed by atoms with Gasteiger partial charge in [0.2, 0.25) is 11.8 Å². The summed E-state index contributed by atoms with van der Waals surface area (Å²) in [5.41, 5.74) is 1.65. The molecule has 0 spiro atoms. The third-order valence-electron chi connectivity index (χ3n) is 6.77. The maximum absolute atomic E-state index is 13.7. The normalized spacial score (nSPS) is 13.7. The van der Waals surface area contributed by atoms with Gasteiger partial charge in [-0.2, -0.15) is 0 Å². The molecule has 3 aromatic rings. The molecule has 0 saturated heterocycles. The lowest BCUT2D eigenvalue weighted by Gasteiger charge is -2.27. The summed E-state index contributed by atoms with van der Waals surface area (Å²) in [7, 11) is 1.14. The van der Waals surface area contributed by atoms with Gasteiger partial charge in [-0.05, 0) is 56.5 Å². The number of esters is 1. The van der Waals surface area contributed by atoms with Crippen LogP contribution in [0.25, 0.3) is 0 Å². The maximum atomic E-state index is 13.7. The van der Waals surface area contributed by atoms with Crippen molar-refractivity contribution < 1.29 is 38.5 Å². The number of carbonyl (C=O) groups is 4. The Bertz CT molecular complexity index is 1420. The van der Waals surface area contributed by atoms with E-state index in [9.17, 15) is 24.3 Å². The molecular formula is C35H43N3O8. The molecule has 0 aliphatic carbocycles. The van der Waals surface area contributed by atoms with E-state index in [1.807, 2.05) is 60.7 Å². The van der Waals surface area contributed by atoms with Crippen molar-refractivity contribution in [3.63, 3.8) is 0 Å². The number of amides is 3. The van der Waals surface area contributed by atoms with E-state index in [0.717, 1.165) is 18.2 Å². The molecule has 0 aliphatic heterocycles. The molecule has 0 aliphatic rings. The molecule has 4 N–H and O–H groups in total. The minimum atomic E-state index is -1.37. The number of alkyl carbamates (subject to hydrolysis) is 1. The zero-order valence-corrected chi connectivity index (χ0v) is 26.8. The lowest BCUT2D eigenvalue weighted by atomic mass is 10.0. The first-order chi connectivity index (χ1) is 21.8. The number of carbonyl (C=O) groups excluding carboxylic acids is 4. The van der Waals surface area contributed by atoms with Crippen LogP contribution in [0.5, 0.6) is 5.75 Å². The highest BCUT2D eigenvalue weighted by molar-refractivity contribution is 5.93. The van der Waals surface area contributed by atoms with Gasteiger partial charge < -0.3 is 35.3 Å². The molecule has 11 heteroatoms. The zero-order chi connectivity index (χ0) is 33.7. The van der Waals surface area contributed by atoms with E-state index in [0.29, 0.717) is 17.9 Å².